The number of rotatable bonds is 3. The molecule has 4 heteroatoms. The summed E-state index contributed by atoms with van der Waals surface area (Å²) in [5, 5.41) is 4.53. The van der Waals surface area contributed by atoms with Gasteiger partial charge in [-0.25, -0.2) is 9.50 Å². The second-order valence-corrected chi connectivity index (χ2v) is 4.62. The van der Waals surface area contributed by atoms with E-state index in [1.165, 1.54) is 25.7 Å². The van der Waals surface area contributed by atoms with Gasteiger partial charge in [0.15, 0.2) is 11.5 Å². The predicted molar refractivity (Wildman–Crippen MR) is 64.0 cm³/mol. The summed E-state index contributed by atoms with van der Waals surface area (Å²) in [5.74, 6) is 1.46. The van der Waals surface area contributed by atoms with Crippen LogP contribution in [0.2, 0.25) is 0 Å². The summed E-state index contributed by atoms with van der Waals surface area (Å²) < 4.78 is 1.80. The molecular weight excluding hydrogens is 214 g/mol. The molecule has 4 nitrogen and oxygen atoms in total. The van der Waals surface area contributed by atoms with Crippen molar-refractivity contribution < 1.29 is 4.79 Å². The number of fused-ring (bicyclic) bond motifs is 1. The quantitative estimate of drug-likeness (QED) is 0.757. The molecule has 2 aromatic heterocycles. The zero-order valence-electron chi connectivity index (χ0n) is 9.67. The minimum atomic E-state index is 0.410. The molecule has 88 valence electrons. The molecule has 0 aromatic carbocycles. The number of carbonyl (C=O) groups is 1. The minimum Gasteiger partial charge on any atom is -0.303 e. The molecular formula is C13H15N3O. The molecule has 0 spiro atoms. The molecule has 1 fully saturated rings. The summed E-state index contributed by atoms with van der Waals surface area (Å²) in [6.07, 6.45) is 8.17. The molecule has 0 amide bonds. The standard InChI is InChI=1S/C13H15N3O/c17-9-7-11-6-3-8-16-13(11)14-12(15-16)10-4-1-2-5-10/h3,6,8-10H,1-2,4-5,7H2. The highest BCUT2D eigenvalue weighted by molar-refractivity contribution is 5.61. The summed E-state index contributed by atoms with van der Waals surface area (Å²) >= 11 is 0. The highest BCUT2D eigenvalue weighted by atomic mass is 16.1. The van der Waals surface area contributed by atoms with Crippen LogP contribution in [0.4, 0.5) is 0 Å². The Bertz CT molecular complexity index is 541. The summed E-state index contributed by atoms with van der Waals surface area (Å²) in [4.78, 5) is 15.2. The van der Waals surface area contributed by atoms with E-state index < -0.39 is 0 Å². The molecule has 3 rings (SSSR count). The fourth-order valence-electron chi connectivity index (χ4n) is 2.58. The number of pyridine rings is 1. The molecule has 17 heavy (non-hydrogen) atoms. The zero-order chi connectivity index (χ0) is 11.7. The monoisotopic (exact) mass is 229 g/mol. The second kappa shape index (κ2) is 4.28. The molecule has 1 aliphatic carbocycles. The van der Waals surface area contributed by atoms with E-state index in [4.69, 9.17) is 0 Å². The Kier molecular flexibility index (Phi) is 2.63. The SMILES string of the molecule is O=CCc1cccn2nc(C3CCCC3)nc12. The summed E-state index contributed by atoms with van der Waals surface area (Å²) in [6.45, 7) is 0. The third kappa shape index (κ3) is 1.84. The molecule has 0 unspecified atom stereocenters. The van der Waals surface area contributed by atoms with E-state index in [1.54, 1.807) is 4.52 Å². The number of nitrogens with zero attached hydrogens (tertiary/aromatic N) is 3. The minimum absolute atomic E-state index is 0.410. The molecule has 1 aliphatic rings. The normalized spacial score (nSPS) is 16.7. The fourth-order valence-corrected chi connectivity index (χ4v) is 2.58. The molecule has 0 atom stereocenters. The molecule has 0 bridgehead atoms. The van der Waals surface area contributed by atoms with Gasteiger partial charge >= 0.3 is 0 Å². The lowest BCUT2D eigenvalue weighted by atomic mass is 10.1. The van der Waals surface area contributed by atoms with E-state index in [2.05, 4.69) is 10.1 Å². The Hall–Kier alpha value is -1.71. The van der Waals surface area contributed by atoms with Crippen molar-refractivity contribution in [2.75, 3.05) is 0 Å². The lowest BCUT2D eigenvalue weighted by molar-refractivity contribution is -0.107. The van der Waals surface area contributed by atoms with Gasteiger partial charge in [-0.15, -0.1) is 0 Å². The first-order valence-electron chi connectivity index (χ1n) is 6.16. The van der Waals surface area contributed by atoms with Gasteiger partial charge in [-0.3, -0.25) is 0 Å². The van der Waals surface area contributed by atoms with Crippen molar-refractivity contribution in [2.24, 2.45) is 0 Å². The Balaban J connectivity index is 2.05. The van der Waals surface area contributed by atoms with Gasteiger partial charge in [-0.1, -0.05) is 18.9 Å². The van der Waals surface area contributed by atoms with Gasteiger partial charge in [0.2, 0.25) is 0 Å². The van der Waals surface area contributed by atoms with Gasteiger partial charge in [0, 0.05) is 24.1 Å². The van der Waals surface area contributed by atoms with Gasteiger partial charge in [0.25, 0.3) is 0 Å². The van der Waals surface area contributed by atoms with E-state index in [-0.39, 0.29) is 0 Å². The Morgan fingerprint density at radius 2 is 2.24 bits per heavy atom. The van der Waals surface area contributed by atoms with Crippen molar-refractivity contribution >= 4 is 11.9 Å². The van der Waals surface area contributed by atoms with Gasteiger partial charge in [0.05, 0.1) is 0 Å². The first-order chi connectivity index (χ1) is 8.38. The zero-order valence-corrected chi connectivity index (χ0v) is 9.67. The highest BCUT2D eigenvalue weighted by Gasteiger charge is 2.21. The summed E-state index contributed by atoms with van der Waals surface area (Å²) in [5.41, 5.74) is 1.79. The Morgan fingerprint density at radius 1 is 1.41 bits per heavy atom. The van der Waals surface area contributed by atoms with Crippen LogP contribution in [0.1, 0.15) is 43.0 Å². The van der Waals surface area contributed by atoms with Crippen LogP contribution in [0.15, 0.2) is 18.3 Å². The van der Waals surface area contributed by atoms with Crippen molar-refractivity contribution in [1.29, 1.82) is 0 Å². The lowest BCUT2D eigenvalue weighted by Crippen LogP contribution is -1.95. The van der Waals surface area contributed by atoms with Crippen LogP contribution >= 0.6 is 0 Å². The molecule has 0 N–H and O–H groups in total. The topological polar surface area (TPSA) is 47.3 Å². The highest BCUT2D eigenvalue weighted by Crippen LogP contribution is 2.32. The third-order valence-electron chi connectivity index (χ3n) is 3.48. The van der Waals surface area contributed by atoms with Crippen LogP contribution in [0.5, 0.6) is 0 Å². The van der Waals surface area contributed by atoms with Crippen LogP contribution < -0.4 is 0 Å². The lowest BCUT2D eigenvalue weighted by Gasteiger charge is -2.00. The van der Waals surface area contributed by atoms with Crippen LogP contribution in [-0.4, -0.2) is 20.9 Å². The van der Waals surface area contributed by atoms with Crippen molar-refractivity contribution in [3.05, 3.63) is 29.7 Å². The van der Waals surface area contributed by atoms with E-state index >= 15 is 0 Å². The summed E-state index contributed by atoms with van der Waals surface area (Å²) in [6, 6.07) is 3.86. The number of carbonyl (C=O) groups excluding carboxylic acids is 1. The maximum atomic E-state index is 10.6. The van der Waals surface area contributed by atoms with Gasteiger partial charge < -0.3 is 4.79 Å². The fraction of sp³-hybridized carbons (Fsp3) is 0.462. The Labute approximate surface area is 99.7 Å². The molecule has 0 saturated heterocycles. The van der Waals surface area contributed by atoms with Crippen molar-refractivity contribution in [1.82, 2.24) is 14.6 Å². The van der Waals surface area contributed by atoms with Gasteiger partial charge in [-0.05, 0) is 18.9 Å². The smallest absolute Gasteiger partial charge is 0.159 e. The van der Waals surface area contributed by atoms with Crippen LogP contribution in [0, 0.1) is 0 Å². The molecule has 2 aromatic rings. The molecule has 0 radical (unpaired) electrons. The van der Waals surface area contributed by atoms with E-state index in [9.17, 15) is 4.79 Å². The average molecular weight is 229 g/mol. The number of aromatic nitrogens is 3. The second-order valence-electron chi connectivity index (χ2n) is 4.62. The van der Waals surface area contributed by atoms with Crippen molar-refractivity contribution in [2.45, 2.75) is 38.0 Å². The summed E-state index contributed by atoms with van der Waals surface area (Å²) in [7, 11) is 0. The van der Waals surface area contributed by atoms with E-state index in [0.717, 1.165) is 23.3 Å². The predicted octanol–water partition coefficient (Wildman–Crippen LogP) is 2.13. The third-order valence-corrected chi connectivity index (χ3v) is 3.48. The van der Waals surface area contributed by atoms with Crippen LogP contribution in [0.3, 0.4) is 0 Å². The molecule has 0 aliphatic heterocycles. The largest absolute Gasteiger partial charge is 0.303 e. The van der Waals surface area contributed by atoms with Crippen molar-refractivity contribution in [3.63, 3.8) is 0 Å². The van der Waals surface area contributed by atoms with E-state index in [1.807, 2.05) is 18.3 Å². The first kappa shape index (κ1) is 10.4. The van der Waals surface area contributed by atoms with Crippen LogP contribution in [-0.2, 0) is 11.2 Å². The maximum absolute atomic E-state index is 10.6. The van der Waals surface area contributed by atoms with Crippen LogP contribution in [0.25, 0.3) is 5.65 Å². The molecule has 1 saturated carbocycles. The first-order valence-corrected chi connectivity index (χ1v) is 6.16. The molecule has 2 heterocycles. The number of aldehydes is 1. The maximum Gasteiger partial charge on any atom is 0.159 e. The van der Waals surface area contributed by atoms with Gasteiger partial charge in [-0.2, -0.15) is 5.10 Å². The van der Waals surface area contributed by atoms with E-state index in [0.29, 0.717) is 12.3 Å². The van der Waals surface area contributed by atoms with Crippen molar-refractivity contribution in [3.8, 4) is 0 Å². The average Bonchev–Trinajstić information content (AvgIpc) is 2.98. The Morgan fingerprint density at radius 3 is 3.00 bits per heavy atom. The number of hydrogen-bond donors (Lipinski definition) is 0. The number of hydrogen-bond acceptors (Lipinski definition) is 3. The van der Waals surface area contributed by atoms with Gasteiger partial charge in [0.1, 0.15) is 6.29 Å².